The smallest absolute Gasteiger partial charge is 0.406 e. The van der Waals surface area contributed by atoms with Crippen LogP contribution in [0.1, 0.15) is 6.42 Å². The van der Waals surface area contributed by atoms with Gasteiger partial charge in [0.15, 0.2) is 0 Å². The highest BCUT2D eigenvalue weighted by Gasteiger charge is 2.34. The molecule has 2 amide bonds. The van der Waals surface area contributed by atoms with E-state index < -0.39 is 31.3 Å². The molecule has 1 atom stereocenters. The Labute approximate surface area is 101 Å². The maximum Gasteiger partial charge on any atom is 0.406 e. The van der Waals surface area contributed by atoms with Crippen molar-refractivity contribution < 1.29 is 32.6 Å². The molecule has 0 aromatic carbocycles. The van der Waals surface area contributed by atoms with Gasteiger partial charge in [0.25, 0.3) is 0 Å². The van der Waals surface area contributed by atoms with Crippen LogP contribution in [0.2, 0.25) is 0 Å². The number of carbonyl (C=O) groups is 2. The fraction of sp³-hybridized carbons (Fsp3) is 0.778. The average molecular weight is 270 g/mol. The number of nitrogens with zero attached hydrogens (tertiary/aromatic N) is 1. The largest absolute Gasteiger partial charge is 0.480 e. The number of nitrogens with one attached hydrogen (secondary N) is 1. The normalized spacial score (nSPS) is 19.6. The number of urea groups is 1. The molecule has 0 saturated carbocycles. The van der Waals surface area contributed by atoms with Crippen LogP contribution < -0.4 is 5.32 Å². The number of aliphatic carboxylic acids is 1. The van der Waals surface area contributed by atoms with Crippen LogP contribution in [0, 0.1) is 0 Å². The molecule has 1 aliphatic rings. The second-order valence-corrected chi connectivity index (χ2v) is 3.87. The topological polar surface area (TPSA) is 78.9 Å². The van der Waals surface area contributed by atoms with Crippen LogP contribution in [-0.4, -0.2) is 60.5 Å². The molecule has 0 aliphatic carbocycles. The molecule has 1 rings (SSSR count). The third-order valence-electron chi connectivity index (χ3n) is 2.24. The quantitative estimate of drug-likeness (QED) is 0.776. The van der Waals surface area contributed by atoms with Gasteiger partial charge in [-0.3, -0.25) is 4.79 Å². The summed E-state index contributed by atoms with van der Waals surface area (Å²) in [5.41, 5.74) is 0. The fourth-order valence-corrected chi connectivity index (χ4v) is 1.49. The lowest BCUT2D eigenvalue weighted by molar-refractivity contribution is -0.149. The van der Waals surface area contributed by atoms with Gasteiger partial charge in [-0.15, -0.1) is 0 Å². The van der Waals surface area contributed by atoms with Gasteiger partial charge in [-0.2, -0.15) is 13.2 Å². The number of alkyl halides is 3. The zero-order valence-electron chi connectivity index (χ0n) is 9.37. The first kappa shape index (κ1) is 14.6. The Morgan fingerprint density at radius 2 is 2.11 bits per heavy atom. The van der Waals surface area contributed by atoms with Crippen LogP contribution in [0.25, 0.3) is 0 Å². The van der Waals surface area contributed by atoms with Crippen molar-refractivity contribution in [3.8, 4) is 0 Å². The number of amides is 2. The van der Waals surface area contributed by atoms with E-state index in [4.69, 9.17) is 9.84 Å². The Bertz CT molecular complexity index is 315. The van der Waals surface area contributed by atoms with Gasteiger partial charge >= 0.3 is 18.2 Å². The number of carboxylic acids is 1. The van der Waals surface area contributed by atoms with Gasteiger partial charge in [-0.05, 0) is 6.42 Å². The Balaban J connectivity index is 2.56. The maximum absolute atomic E-state index is 12.2. The van der Waals surface area contributed by atoms with Crippen LogP contribution in [0.3, 0.4) is 0 Å². The molecule has 1 aliphatic heterocycles. The number of carbonyl (C=O) groups excluding carboxylic acids is 1. The lowest BCUT2D eigenvalue weighted by atomic mass is 10.3. The fourth-order valence-electron chi connectivity index (χ4n) is 1.49. The second-order valence-electron chi connectivity index (χ2n) is 3.87. The Kier molecular flexibility index (Phi) is 4.76. The third-order valence-corrected chi connectivity index (χ3v) is 2.24. The van der Waals surface area contributed by atoms with Crippen molar-refractivity contribution in [3.63, 3.8) is 0 Å². The monoisotopic (exact) mass is 270 g/mol. The molecule has 6 nitrogen and oxygen atoms in total. The molecule has 1 fully saturated rings. The summed E-state index contributed by atoms with van der Waals surface area (Å²) in [6.45, 7) is -1.96. The zero-order valence-corrected chi connectivity index (χ0v) is 9.37. The van der Waals surface area contributed by atoms with Gasteiger partial charge in [0.2, 0.25) is 0 Å². The summed E-state index contributed by atoms with van der Waals surface area (Å²) in [7, 11) is 0. The van der Waals surface area contributed by atoms with E-state index in [9.17, 15) is 22.8 Å². The number of hydrogen-bond acceptors (Lipinski definition) is 3. The molecule has 104 valence electrons. The molecular formula is C9H13F3N2O4. The van der Waals surface area contributed by atoms with E-state index in [0.29, 0.717) is 13.0 Å². The molecule has 0 spiro atoms. The first-order chi connectivity index (χ1) is 8.28. The van der Waals surface area contributed by atoms with E-state index >= 15 is 0 Å². The summed E-state index contributed by atoms with van der Waals surface area (Å²) in [5, 5.41) is 10.8. The van der Waals surface area contributed by atoms with Crippen LogP contribution in [0.5, 0.6) is 0 Å². The molecule has 0 radical (unpaired) electrons. The molecule has 1 unspecified atom stereocenters. The first-order valence-electron chi connectivity index (χ1n) is 5.19. The van der Waals surface area contributed by atoms with Crippen LogP contribution in [0.15, 0.2) is 0 Å². The SMILES string of the molecule is O=C(O)CN(CC(F)(F)F)C(=O)NC1CCOC1. The third kappa shape index (κ3) is 5.21. The number of rotatable bonds is 4. The Hall–Kier alpha value is -1.51. The molecular weight excluding hydrogens is 257 g/mol. The zero-order chi connectivity index (χ0) is 13.8. The molecule has 0 bridgehead atoms. The maximum atomic E-state index is 12.2. The number of halogens is 3. The van der Waals surface area contributed by atoms with E-state index in [0.717, 1.165) is 0 Å². The van der Waals surface area contributed by atoms with Gasteiger partial charge in [0.05, 0.1) is 12.6 Å². The summed E-state index contributed by atoms with van der Waals surface area (Å²) < 4.78 is 41.5. The molecule has 18 heavy (non-hydrogen) atoms. The van der Waals surface area contributed by atoms with Crippen molar-refractivity contribution in [2.75, 3.05) is 26.3 Å². The van der Waals surface area contributed by atoms with Crippen LogP contribution in [-0.2, 0) is 9.53 Å². The van der Waals surface area contributed by atoms with E-state index in [1.165, 1.54) is 0 Å². The summed E-state index contributed by atoms with van der Waals surface area (Å²) >= 11 is 0. The standard InChI is InChI=1S/C9H13F3N2O4/c10-9(11,12)5-14(3-7(15)16)8(17)13-6-1-2-18-4-6/h6H,1-5H2,(H,13,17)(H,15,16). The van der Waals surface area contributed by atoms with Gasteiger partial charge in [-0.25, -0.2) is 4.79 Å². The summed E-state index contributed by atoms with van der Waals surface area (Å²) in [6, 6.07) is -1.42. The number of ether oxygens (including phenoxy) is 1. The van der Waals surface area contributed by atoms with E-state index in [2.05, 4.69) is 5.32 Å². The minimum absolute atomic E-state index is 0.209. The Morgan fingerprint density at radius 1 is 1.44 bits per heavy atom. The van der Waals surface area contributed by atoms with E-state index in [1.54, 1.807) is 0 Å². The predicted octanol–water partition coefficient (Wildman–Crippen LogP) is 0.434. The molecule has 9 heteroatoms. The van der Waals surface area contributed by atoms with Gasteiger partial charge in [-0.1, -0.05) is 0 Å². The van der Waals surface area contributed by atoms with Crippen LogP contribution >= 0.6 is 0 Å². The van der Waals surface area contributed by atoms with Crippen molar-refractivity contribution in [3.05, 3.63) is 0 Å². The van der Waals surface area contributed by atoms with Gasteiger partial charge in [0, 0.05) is 6.61 Å². The van der Waals surface area contributed by atoms with Gasteiger partial charge in [0.1, 0.15) is 13.1 Å². The first-order valence-corrected chi connectivity index (χ1v) is 5.19. The average Bonchev–Trinajstić information content (AvgIpc) is 2.66. The van der Waals surface area contributed by atoms with Crippen molar-refractivity contribution in [1.29, 1.82) is 0 Å². The van der Waals surface area contributed by atoms with Crippen LogP contribution in [0.4, 0.5) is 18.0 Å². The minimum Gasteiger partial charge on any atom is -0.480 e. The molecule has 1 saturated heterocycles. The molecule has 2 N–H and O–H groups in total. The van der Waals surface area contributed by atoms with Crippen molar-refractivity contribution >= 4 is 12.0 Å². The molecule has 1 heterocycles. The highest BCUT2D eigenvalue weighted by molar-refractivity contribution is 5.80. The Morgan fingerprint density at radius 3 is 2.56 bits per heavy atom. The van der Waals surface area contributed by atoms with Crippen molar-refractivity contribution in [2.24, 2.45) is 0 Å². The highest BCUT2D eigenvalue weighted by Crippen LogP contribution is 2.16. The minimum atomic E-state index is -4.64. The molecule has 0 aromatic rings. The van der Waals surface area contributed by atoms with Gasteiger partial charge < -0.3 is 20.1 Å². The summed E-state index contributed by atoms with van der Waals surface area (Å²) in [4.78, 5) is 22.1. The van der Waals surface area contributed by atoms with Crippen molar-refractivity contribution in [2.45, 2.75) is 18.6 Å². The summed E-state index contributed by atoms with van der Waals surface area (Å²) in [5.74, 6) is -1.50. The predicted molar refractivity (Wildman–Crippen MR) is 53.0 cm³/mol. The van der Waals surface area contributed by atoms with Crippen molar-refractivity contribution in [1.82, 2.24) is 10.2 Å². The number of hydrogen-bond donors (Lipinski definition) is 2. The lowest BCUT2D eigenvalue weighted by Crippen LogP contribution is -2.50. The number of carboxylic acid groups (broad SMARTS) is 1. The van der Waals surface area contributed by atoms with E-state index in [1.807, 2.05) is 0 Å². The summed E-state index contributed by atoms with van der Waals surface area (Å²) in [6.07, 6.45) is -4.14. The van der Waals surface area contributed by atoms with E-state index in [-0.39, 0.29) is 17.5 Å². The lowest BCUT2D eigenvalue weighted by Gasteiger charge is -2.24. The molecule has 0 aromatic heterocycles. The highest BCUT2D eigenvalue weighted by atomic mass is 19.4. The second kappa shape index (κ2) is 5.89.